The van der Waals surface area contributed by atoms with Gasteiger partial charge in [-0.25, -0.2) is 0 Å². The van der Waals surface area contributed by atoms with Crippen molar-refractivity contribution in [1.82, 2.24) is 0 Å². The van der Waals surface area contributed by atoms with Gasteiger partial charge in [0.2, 0.25) is 11.8 Å². The number of rotatable bonds is 4. The van der Waals surface area contributed by atoms with E-state index in [1.165, 1.54) is 4.90 Å². The number of anilines is 2. The second-order valence-electron chi connectivity index (χ2n) is 9.18. The average molecular weight is 412 g/mol. The molecule has 5 nitrogen and oxygen atoms in total. The molecular weight excluding hydrogens is 388 g/mol. The summed E-state index contributed by atoms with van der Waals surface area (Å²) < 4.78 is 0. The number of hydrogen-bond donors (Lipinski definition) is 1. The van der Waals surface area contributed by atoms with Gasteiger partial charge in [-0.1, -0.05) is 37.3 Å². The summed E-state index contributed by atoms with van der Waals surface area (Å²) in [5, 5.41) is 2.96. The minimum atomic E-state index is -0.209. The second kappa shape index (κ2) is 6.64. The number of nitrogens with zero attached hydrogens (tertiary/aromatic N) is 1. The Morgan fingerprint density at radius 1 is 0.935 bits per heavy atom. The van der Waals surface area contributed by atoms with Crippen LogP contribution in [0.25, 0.3) is 0 Å². The van der Waals surface area contributed by atoms with Crippen molar-refractivity contribution in [2.45, 2.75) is 19.8 Å². The highest BCUT2D eigenvalue weighted by Crippen LogP contribution is 2.65. The van der Waals surface area contributed by atoms with Gasteiger partial charge >= 0.3 is 0 Å². The smallest absolute Gasteiger partial charge is 0.255 e. The van der Waals surface area contributed by atoms with Gasteiger partial charge in [0, 0.05) is 11.3 Å². The third-order valence-corrected chi connectivity index (χ3v) is 7.70. The maximum absolute atomic E-state index is 13.2. The predicted molar refractivity (Wildman–Crippen MR) is 117 cm³/mol. The molecule has 6 atom stereocenters. The fourth-order valence-corrected chi connectivity index (χ4v) is 6.12. The maximum Gasteiger partial charge on any atom is 0.255 e. The van der Waals surface area contributed by atoms with Gasteiger partial charge in [0.25, 0.3) is 5.91 Å². The summed E-state index contributed by atoms with van der Waals surface area (Å²) in [6, 6.07) is 14.5. The summed E-state index contributed by atoms with van der Waals surface area (Å²) in [6.07, 6.45) is 6.34. The molecule has 3 fully saturated rings. The number of aryl methyl sites for hydroxylation is 1. The third kappa shape index (κ3) is 2.65. The molecular formula is C26H24N2O3. The van der Waals surface area contributed by atoms with Gasteiger partial charge in [-0.3, -0.25) is 19.3 Å². The molecule has 2 bridgehead atoms. The van der Waals surface area contributed by atoms with Crippen LogP contribution in [-0.2, 0) is 16.0 Å². The highest BCUT2D eigenvalue weighted by Gasteiger charge is 2.67. The molecule has 7 rings (SSSR count). The van der Waals surface area contributed by atoms with E-state index in [0.29, 0.717) is 23.1 Å². The van der Waals surface area contributed by atoms with Gasteiger partial charge in [-0.2, -0.15) is 0 Å². The molecule has 4 aliphatic carbocycles. The summed E-state index contributed by atoms with van der Waals surface area (Å²) in [6.45, 7) is 2.05. The SMILES string of the molecule is CCc1ccccc1NC(=O)c1ccc(N2C(=O)[C@@H]3[C@H]4C=C[C@@H]([C@@H]5C[C@H]45)[C@H]3C2=O)cc1. The molecule has 0 spiro atoms. The van der Waals surface area contributed by atoms with Crippen LogP contribution in [-0.4, -0.2) is 17.7 Å². The minimum Gasteiger partial charge on any atom is -0.322 e. The van der Waals surface area contributed by atoms with Crippen molar-refractivity contribution in [3.8, 4) is 0 Å². The molecule has 1 aliphatic heterocycles. The zero-order valence-electron chi connectivity index (χ0n) is 17.3. The van der Waals surface area contributed by atoms with Crippen LogP contribution in [0, 0.1) is 35.5 Å². The number of carbonyl (C=O) groups excluding carboxylic acids is 3. The molecule has 1 heterocycles. The van der Waals surface area contributed by atoms with E-state index in [9.17, 15) is 14.4 Å². The molecule has 0 radical (unpaired) electrons. The third-order valence-electron chi connectivity index (χ3n) is 7.70. The van der Waals surface area contributed by atoms with Crippen LogP contribution in [0.5, 0.6) is 0 Å². The Bertz CT molecular complexity index is 1100. The largest absolute Gasteiger partial charge is 0.322 e. The first kappa shape index (κ1) is 18.6. The van der Waals surface area contributed by atoms with E-state index in [4.69, 9.17) is 0 Å². The molecule has 156 valence electrons. The van der Waals surface area contributed by atoms with Crippen LogP contribution in [0.2, 0.25) is 0 Å². The molecule has 0 aromatic heterocycles. The Labute approximate surface area is 181 Å². The van der Waals surface area contributed by atoms with Crippen LogP contribution in [0.1, 0.15) is 29.3 Å². The van der Waals surface area contributed by atoms with Crippen LogP contribution in [0.15, 0.2) is 60.7 Å². The van der Waals surface area contributed by atoms with E-state index >= 15 is 0 Å². The lowest BCUT2D eigenvalue weighted by atomic mass is 9.63. The van der Waals surface area contributed by atoms with E-state index in [0.717, 1.165) is 24.1 Å². The number of nitrogens with one attached hydrogen (secondary N) is 1. The fourth-order valence-electron chi connectivity index (χ4n) is 6.12. The Kier molecular flexibility index (Phi) is 3.98. The number of allylic oxidation sites excluding steroid dienone is 2. The summed E-state index contributed by atoms with van der Waals surface area (Å²) in [5.74, 6) is 0.829. The van der Waals surface area contributed by atoms with Crippen LogP contribution >= 0.6 is 0 Å². The Morgan fingerprint density at radius 3 is 2.16 bits per heavy atom. The van der Waals surface area contributed by atoms with Gasteiger partial charge in [-0.15, -0.1) is 0 Å². The second-order valence-corrected chi connectivity index (χ2v) is 9.18. The number of benzene rings is 2. The molecule has 5 heteroatoms. The van der Waals surface area contributed by atoms with Crippen molar-refractivity contribution < 1.29 is 14.4 Å². The first-order valence-corrected chi connectivity index (χ1v) is 11.1. The van der Waals surface area contributed by atoms with Gasteiger partial charge in [0.05, 0.1) is 17.5 Å². The highest BCUT2D eigenvalue weighted by molar-refractivity contribution is 6.22. The van der Waals surface area contributed by atoms with Gasteiger partial charge in [0.15, 0.2) is 0 Å². The van der Waals surface area contributed by atoms with E-state index in [-0.39, 0.29) is 41.4 Å². The van der Waals surface area contributed by atoms with E-state index in [2.05, 4.69) is 17.5 Å². The summed E-state index contributed by atoms with van der Waals surface area (Å²) in [4.78, 5) is 40.5. The van der Waals surface area contributed by atoms with Crippen molar-refractivity contribution in [3.63, 3.8) is 0 Å². The topological polar surface area (TPSA) is 66.5 Å². The summed E-state index contributed by atoms with van der Waals surface area (Å²) in [7, 11) is 0. The maximum atomic E-state index is 13.2. The highest BCUT2D eigenvalue weighted by atomic mass is 16.2. The van der Waals surface area contributed by atoms with E-state index in [1.54, 1.807) is 24.3 Å². The molecule has 1 N–H and O–H groups in total. The van der Waals surface area contributed by atoms with Crippen molar-refractivity contribution in [2.75, 3.05) is 10.2 Å². The van der Waals surface area contributed by atoms with Gasteiger partial charge in [-0.05, 0) is 72.4 Å². The first-order chi connectivity index (χ1) is 15.1. The fraction of sp³-hybridized carbons (Fsp3) is 0.346. The predicted octanol–water partition coefficient (Wildman–Crippen LogP) is 4.06. The van der Waals surface area contributed by atoms with Crippen molar-refractivity contribution in [2.24, 2.45) is 35.5 Å². The molecule has 2 saturated carbocycles. The van der Waals surface area contributed by atoms with E-state index < -0.39 is 0 Å². The summed E-state index contributed by atoms with van der Waals surface area (Å²) >= 11 is 0. The zero-order valence-corrected chi connectivity index (χ0v) is 17.3. The van der Waals surface area contributed by atoms with Crippen molar-refractivity contribution in [1.29, 1.82) is 0 Å². The van der Waals surface area contributed by atoms with Gasteiger partial charge in [0.1, 0.15) is 0 Å². The quantitative estimate of drug-likeness (QED) is 0.608. The molecule has 5 aliphatic rings. The first-order valence-electron chi connectivity index (χ1n) is 11.1. The number of amides is 3. The lowest BCUT2D eigenvalue weighted by molar-refractivity contribution is -0.124. The summed E-state index contributed by atoms with van der Waals surface area (Å²) in [5.41, 5.74) is 2.93. The van der Waals surface area contributed by atoms with Crippen LogP contribution in [0.3, 0.4) is 0 Å². The Morgan fingerprint density at radius 2 is 1.55 bits per heavy atom. The molecule has 0 unspecified atom stereocenters. The number of carbonyl (C=O) groups is 3. The molecule has 1 saturated heterocycles. The molecule has 31 heavy (non-hydrogen) atoms. The van der Waals surface area contributed by atoms with Gasteiger partial charge < -0.3 is 5.32 Å². The standard InChI is InChI=1S/C26H24N2O3/c1-2-14-5-3-4-6-21(14)27-24(29)15-7-9-16(10-8-15)28-25(30)22-17-11-12-18(20-13-19(17)20)23(22)26(28)31/h3-12,17-20,22-23H,2,13H2,1H3,(H,27,29)/t17-,18-,19-,20+,22+,23+/m0/s1. The zero-order chi connectivity index (χ0) is 21.3. The van der Waals surface area contributed by atoms with Crippen molar-refractivity contribution >= 4 is 29.1 Å². The monoisotopic (exact) mass is 412 g/mol. The van der Waals surface area contributed by atoms with Crippen LogP contribution < -0.4 is 10.2 Å². The normalized spacial score (nSPS) is 32.1. The average Bonchev–Trinajstić information content (AvgIpc) is 3.58. The molecule has 3 amide bonds. The number of imide groups is 1. The number of hydrogen-bond acceptors (Lipinski definition) is 3. The minimum absolute atomic E-state index is 0.0752. The van der Waals surface area contributed by atoms with Crippen LogP contribution in [0.4, 0.5) is 11.4 Å². The Balaban J connectivity index is 1.23. The lowest BCUT2D eigenvalue weighted by Crippen LogP contribution is -2.40. The van der Waals surface area contributed by atoms with Crippen molar-refractivity contribution in [3.05, 3.63) is 71.8 Å². The number of para-hydroxylation sites is 1. The molecule has 2 aromatic rings. The van der Waals surface area contributed by atoms with E-state index in [1.807, 2.05) is 31.2 Å². The Hall–Kier alpha value is -3.21. The molecule has 2 aromatic carbocycles. The lowest BCUT2D eigenvalue weighted by Gasteiger charge is -2.37.